The van der Waals surface area contributed by atoms with Crippen LogP contribution >= 0.6 is 0 Å². The molecule has 1 aromatic rings. The van der Waals surface area contributed by atoms with Gasteiger partial charge in [-0.05, 0) is 51.3 Å². The summed E-state index contributed by atoms with van der Waals surface area (Å²) in [5, 5.41) is 9.33. The highest BCUT2D eigenvalue weighted by molar-refractivity contribution is 5.91. The Labute approximate surface area is 124 Å². The summed E-state index contributed by atoms with van der Waals surface area (Å²) >= 11 is 0. The third-order valence-corrected chi connectivity index (χ3v) is 3.89. The van der Waals surface area contributed by atoms with E-state index < -0.39 is 5.97 Å². The van der Waals surface area contributed by atoms with Gasteiger partial charge < -0.3 is 14.7 Å². The van der Waals surface area contributed by atoms with Crippen LogP contribution in [0.2, 0.25) is 0 Å². The van der Waals surface area contributed by atoms with E-state index in [-0.39, 0.29) is 35.9 Å². The highest BCUT2D eigenvalue weighted by Gasteiger charge is 2.29. The van der Waals surface area contributed by atoms with Crippen molar-refractivity contribution in [3.63, 3.8) is 0 Å². The Kier molecular flexibility index (Phi) is 4.83. The van der Waals surface area contributed by atoms with Crippen molar-refractivity contribution < 1.29 is 19.4 Å². The molecule has 0 unspecified atom stereocenters. The second-order valence-corrected chi connectivity index (χ2v) is 5.56. The summed E-state index contributed by atoms with van der Waals surface area (Å²) in [7, 11) is 0. The highest BCUT2D eigenvalue weighted by Crippen LogP contribution is 2.22. The molecule has 114 valence electrons. The lowest BCUT2D eigenvalue weighted by molar-refractivity contribution is -0.140. The van der Waals surface area contributed by atoms with Gasteiger partial charge in [0.2, 0.25) is 0 Å². The van der Waals surface area contributed by atoms with E-state index in [0.29, 0.717) is 0 Å². The van der Waals surface area contributed by atoms with Crippen LogP contribution in [-0.2, 0) is 9.53 Å². The van der Waals surface area contributed by atoms with Crippen LogP contribution in [0.3, 0.4) is 0 Å². The normalized spacial score (nSPS) is 21.9. The van der Waals surface area contributed by atoms with Gasteiger partial charge in [0.15, 0.2) is 6.61 Å². The van der Waals surface area contributed by atoms with Crippen molar-refractivity contribution in [3.05, 3.63) is 29.8 Å². The number of carbonyl (C=O) groups is 2. The molecule has 5 nitrogen and oxygen atoms in total. The van der Waals surface area contributed by atoms with Crippen LogP contribution in [-0.4, -0.2) is 40.6 Å². The number of esters is 1. The van der Waals surface area contributed by atoms with Crippen LogP contribution in [0.1, 0.15) is 43.5 Å². The van der Waals surface area contributed by atoms with Gasteiger partial charge in [0.05, 0.1) is 5.56 Å². The number of benzene rings is 1. The predicted molar refractivity (Wildman–Crippen MR) is 78.0 cm³/mol. The van der Waals surface area contributed by atoms with Crippen molar-refractivity contribution >= 4 is 11.9 Å². The van der Waals surface area contributed by atoms with E-state index in [4.69, 9.17) is 4.74 Å². The summed E-state index contributed by atoms with van der Waals surface area (Å²) in [6, 6.07) is 6.25. The van der Waals surface area contributed by atoms with Gasteiger partial charge in [0.25, 0.3) is 5.91 Å². The SMILES string of the molecule is C[C@@H]1CCC[C@@H](C)N1C(=O)COC(=O)c1cccc(O)c1. The van der Waals surface area contributed by atoms with Crippen molar-refractivity contribution in [2.24, 2.45) is 0 Å². The molecule has 5 heteroatoms. The number of rotatable bonds is 3. The summed E-state index contributed by atoms with van der Waals surface area (Å²) < 4.78 is 5.05. The van der Waals surface area contributed by atoms with Crippen LogP contribution in [0, 0.1) is 0 Å². The Bertz CT molecular complexity index is 519. The fourth-order valence-corrected chi connectivity index (χ4v) is 2.83. The number of phenols is 1. The quantitative estimate of drug-likeness (QED) is 0.868. The van der Waals surface area contributed by atoms with Crippen molar-refractivity contribution in [1.82, 2.24) is 4.90 Å². The number of amides is 1. The molecule has 1 heterocycles. The number of piperidine rings is 1. The van der Waals surface area contributed by atoms with E-state index in [1.54, 1.807) is 17.0 Å². The molecule has 0 bridgehead atoms. The second kappa shape index (κ2) is 6.61. The van der Waals surface area contributed by atoms with Crippen LogP contribution in [0.15, 0.2) is 24.3 Å². The zero-order chi connectivity index (χ0) is 15.4. The lowest BCUT2D eigenvalue weighted by atomic mass is 9.97. The minimum absolute atomic E-state index is 0.00551. The van der Waals surface area contributed by atoms with E-state index in [0.717, 1.165) is 19.3 Å². The summed E-state index contributed by atoms with van der Waals surface area (Å²) in [5.41, 5.74) is 0.238. The van der Waals surface area contributed by atoms with Crippen LogP contribution in [0.5, 0.6) is 5.75 Å². The molecular weight excluding hydrogens is 270 g/mol. The molecule has 1 N–H and O–H groups in total. The topological polar surface area (TPSA) is 66.8 Å². The Morgan fingerprint density at radius 3 is 2.57 bits per heavy atom. The largest absolute Gasteiger partial charge is 0.508 e. The molecule has 1 aliphatic rings. The zero-order valence-electron chi connectivity index (χ0n) is 12.4. The fraction of sp³-hybridized carbons (Fsp3) is 0.500. The molecule has 0 spiro atoms. The number of phenolic OH excluding ortho intramolecular Hbond substituents is 1. The average Bonchev–Trinajstić information content (AvgIpc) is 2.44. The van der Waals surface area contributed by atoms with Crippen LogP contribution in [0.25, 0.3) is 0 Å². The van der Waals surface area contributed by atoms with Gasteiger partial charge in [-0.15, -0.1) is 0 Å². The molecule has 1 aliphatic heterocycles. The van der Waals surface area contributed by atoms with Gasteiger partial charge in [0, 0.05) is 12.1 Å². The third-order valence-electron chi connectivity index (χ3n) is 3.89. The maximum absolute atomic E-state index is 12.2. The van der Waals surface area contributed by atoms with Crippen LogP contribution in [0.4, 0.5) is 0 Å². The summed E-state index contributed by atoms with van der Waals surface area (Å²) in [5.74, 6) is -0.770. The minimum Gasteiger partial charge on any atom is -0.508 e. The summed E-state index contributed by atoms with van der Waals surface area (Å²) in [6.45, 7) is 3.78. The molecule has 2 rings (SSSR count). The Morgan fingerprint density at radius 1 is 1.29 bits per heavy atom. The number of ether oxygens (including phenoxy) is 1. The number of carbonyl (C=O) groups excluding carboxylic acids is 2. The van der Waals surface area contributed by atoms with E-state index >= 15 is 0 Å². The first-order valence-corrected chi connectivity index (χ1v) is 7.26. The number of hydrogen-bond acceptors (Lipinski definition) is 4. The molecule has 0 radical (unpaired) electrons. The number of nitrogens with zero attached hydrogens (tertiary/aromatic N) is 1. The van der Waals surface area contributed by atoms with Crippen LogP contribution < -0.4 is 0 Å². The molecule has 1 saturated heterocycles. The van der Waals surface area contributed by atoms with Crippen molar-refractivity contribution in [3.8, 4) is 5.75 Å². The molecule has 1 amide bonds. The first kappa shape index (κ1) is 15.4. The minimum atomic E-state index is -0.600. The van der Waals surface area contributed by atoms with E-state index in [1.807, 2.05) is 13.8 Å². The van der Waals surface area contributed by atoms with E-state index in [9.17, 15) is 14.7 Å². The molecule has 21 heavy (non-hydrogen) atoms. The molecule has 0 aliphatic carbocycles. The first-order chi connectivity index (χ1) is 9.99. The molecule has 1 fully saturated rings. The lowest BCUT2D eigenvalue weighted by Gasteiger charge is -2.38. The van der Waals surface area contributed by atoms with E-state index in [2.05, 4.69) is 0 Å². The Balaban J connectivity index is 1.93. The van der Waals surface area contributed by atoms with Gasteiger partial charge in [0.1, 0.15) is 5.75 Å². The standard InChI is InChI=1S/C16H21NO4/c1-11-5-3-6-12(2)17(11)15(19)10-21-16(20)13-7-4-8-14(18)9-13/h4,7-9,11-12,18H,3,5-6,10H2,1-2H3/t11-,12-/m1/s1. The zero-order valence-corrected chi connectivity index (χ0v) is 12.4. The Morgan fingerprint density at radius 2 is 1.95 bits per heavy atom. The Hall–Kier alpha value is -2.04. The number of likely N-dealkylation sites (tertiary alicyclic amines) is 1. The number of hydrogen-bond donors (Lipinski definition) is 1. The van der Waals surface area contributed by atoms with Gasteiger partial charge in [-0.1, -0.05) is 6.07 Å². The molecule has 1 aromatic carbocycles. The lowest BCUT2D eigenvalue weighted by Crippen LogP contribution is -2.49. The maximum Gasteiger partial charge on any atom is 0.338 e. The fourth-order valence-electron chi connectivity index (χ4n) is 2.83. The maximum atomic E-state index is 12.2. The van der Waals surface area contributed by atoms with E-state index in [1.165, 1.54) is 12.1 Å². The van der Waals surface area contributed by atoms with Crippen molar-refractivity contribution in [2.75, 3.05) is 6.61 Å². The molecule has 2 atom stereocenters. The van der Waals surface area contributed by atoms with Gasteiger partial charge in [-0.3, -0.25) is 4.79 Å². The van der Waals surface area contributed by atoms with Gasteiger partial charge in [-0.25, -0.2) is 4.79 Å². The first-order valence-electron chi connectivity index (χ1n) is 7.26. The number of aromatic hydroxyl groups is 1. The van der Waals surface area contributed by atoms with Gasteiger partial charge >= 0.3 is 5.97 Å². The molecular formula is C16H21NO4. The smallest absolute Gasteiger partial charge is 0.338 e. The van der Waals surface area contributed by atoms with Gasteiger partial charge in [-0.2, -0.15) is 0 Å². The predicted octanol–water partition coefficient (Wildman–Crippen LogP) is 2.34. The summed E-state index contributed by atoms with van der Waals surface area (Å²) in [6.07, 6.45) is 3.09. The molecule has 0 aromatic heterocycles. The molecule has 0 saturated carbocycles. The second-order valence-electron chi connectivity index (χ2n) is 5.56. The monoisotopic (exact) mass is 291 g/mol. The average molecular weight is 291 g/mol. The van der Waals surface area contributed by atoms with Crippen molar-refractivity contribution in [2.45, 2.75) is 45.2 Å². The summed E-state index contributed by atoms with van der Waals surface area (Å²) in [4.78, 5) is 25.9. The third kappa shape index (κ3) is 3.74. The van der Waals surface area contributed by atoms with Crippen molar-refractivity contribution in [1.29, 1.82) is 0 Å². The highest BCUT2D eigenvalue weighted by atomic mass is 16.5.